The number of aliphatic imine (C=N–C) groups is 1. The molecule has 0 bridgehead atoms. The van der Waals surface area contributed by atoms with Gasteiger partial charge in [-0.15, -0.1) is 0 Å². The zero-order valence-electron chi connectivity index (χ0n) is 12.7. The van der Waals surface area contributed by atoms with Crippen molar-refractivity contribution < 1.29 is 9.90 Å². The summed E-state index contributed by atoms with van der Waals surface area (Å²) in [5.41, 5.74) is 0.626. The first-order chi connectivity index (χ1) is 10.7. The fourth-order valence-corrected chi connectivity index (χ4v) is 3.42. The summed E-state index contributed by atoms with van der Waals surface area (Å²) in [7, 11) is 0. The lowest BCUT2D eigenvalue weighted by molar-refractivity contribution is 0.0694. The van der Waals surface area contributed by atoms with E-state index in [1.54, 1.807) is 18.3 Å². The number of likely N-dealkylation sites (tertiary alicyclic amines) is 1. The van der Waals surface area contributed by atoms with Crippen LogP contribution >= 0.6 is 0 Å². The van der Waals surface area contributed by atoms with Crippen molar-refractivity contribution in [1.29, 1.82) is 0 Å². The van der Waals surface area contributed by atoms with E-state index in [-0.39, 0.29) is 0 Å². The topological polar surface area (TPSA) is 52.9 Å². The lowest BCUT2D eigenvalue weighted by atomic mass is 9.84. The predicted octanol–water partition coefficient (Wildman–Crippen LogP) is 3.10. The highest BCUT2D eigenvalue weighted by Crippen LogP contribution is 2.36. The number of nitrogens with zero attached hydrogens (tertiary/aromatic N) is 2. The molecule has 1 aromatic carbocycles. The quantitative estimate of drug-likeness (QED) is 0.909. The van der Waals surface area contributed by atoms with Gasteiger partial charge in [0.15, 0.2) is 0 Å². The molecule has 1 N–H and O–H groups in total. The van der Waals surface area contributed by atoms with Crippen molar-refractivity contribution in [3.63, 3.8) is 0 Å². The van der Waals surface area contributed by atoms with E-state index in [1.807, 2.05) is 24.3 Å². The summed E-state index contributed by atoms with van der Waals surface area (Å²) < 4.78 is 0. The van der Waals surface area contributed by atoms with Gasteiger partial charge < -0.3 is 10.0 Å². The van der Waals surface area contributed by atoms with Crippen LogP contribution in [0.15, 0.2) is 41.4 Å². The molecule has 1 saturated heterocycles. The van der Waals surface area contributed by atoms with Crippen LogP contribution in [0.5, 0.6) is 0 Å². The molecule has 0 aliphatic carbocycles. The molecule has 1 unspecified atom stereocenters. The van der Waals surface area contributed by atoms with Gasteiger partial charge in [0.25, 0.3) is 0 Å². The molecule has 2 heterocycles. The van der Waals surface area contributed by atoms with E-state index < -0.39 is 11.5 Å². The average molecular weight is 298 g/mol. The van der Waals surface area contributed by atoms with Crippen molar-refractivity contribution in [3.05, 3.63) is 47.5 Å². The lowest BCUT2D eigenvalue weighted by Crippen LogP contribution is -2.35. The van der Waals surface area contributed by atoms with Crippen molar-refractivity contribution in [2.75, 3.05) is 19.6 Å². The van der Waals surface area contributed by atoms with Crippen LogP contribution in [0.3, 0.4) is 0 Å². The van der Waals surface area contributed by atoms with E-state index >= 15 is 0 Å². The third kappa shape index (κ3) is 2.97. The molecule has 4 nitrogen and oxygen atoms in total. The molecule has 116 valence electrons. The van der Waals surface area contributed by atoms with Crippen LogP contribution in [0.4, 0.5) is 0 Å². The van der Waals surface area contributed by atoms with Gasteiger partial charge in [-0.25, -0.2) is 4.79 Å². The Labute approximate surface area is 131 Å². The van der Waals surface area contributed by atoms with Crippen LogP contribution in [-0.4, -0.2) is 41.8 Å². The Morgan fingerprint density at radius 1 is 1.23 bits per heavy atom. The Hall–Kier alpha value is -1.94. The molecule has 0 aromatic heterocycles. The molecule has 1 fully saturated rings. The van der Waals surface area contributed by atoms with Gasteiger partial charge in [-0.2, -0.15) is 0 Å². The molecule has 2 aliphatic rings. The molecule has 1 aromatic rings. The first-order valence-electron chi connectivity index (χ1n) is 7.99. The van der Waals surface area contributed by atoms with Gasteiger partial charge in [0.2, 0.25) is 0 Å². The minimum Gasteiger partial charge on any atom is -0.478 e. The Morgan fingerprint density at radius 2 is 2.00 bits per heavy atom. The highest BCUT2D eigenvalue weighted by atomic mass is 16.4. The first kappa shape index (κ1) is 15.0. The molecule has 3 rings (SSSR count). The highest BCUT2D eigenvalue weighted by Gasteiger charge is 2.34. The summed E-state index contributed by atoms with van der Waals surface area (Å²) >= 11 is 0. The fraction of sp³-hybridized carbons (Fsp3) is 0.444. The highest BCUT2D eigenvalue weighted by molar-refractivity contribution is 5.90. The third-order valence-corrected chi connectivity index (χ3v) is 4.64. The summed E-state index contributed by atoms with van der Waals surface area (Å²) in [6.07, 6.45) is 10.4. The molecule has 0 saturated carbocycles. The molecule has 4 heteroatoms. The molecule has 2 aliphatic heterocycles. The number of carboxylic acid groups (broad SMARTS) is 1. The normalized spacial score (nSPS) is 24.7. The molecule has 22 heavy (non-hydrogen) atoms. The van der Waals surface area contributed by atoms with Gasteiger partial charge in [0, 0.05) is 12.8 Å². The van der Waals surface area contributed by atoms with Crippen LogP contribution in [0.1, 0.15) is 41.6 Å². The predicted molar refractivity (Wildman–Crippen MR) is 87.6 cm³/mol. The van der Waals surface area contributed by atoms with Crippen LogP contribution in [0, 0.1) is 0 Å². The van der Waals surface area contributed by atoms with Crippen molar-refractivity contribution in [3.8, 4) is 0 Å². The van der Waals surface area contributed by atoms with Crippen LogP contribution in [0.2, 0.25) is 0 Å². The second kappa shape index (κ2) is 6.44. The Balaban J connectivity index is 1.84. The van der Waals surface area contributed by atoms with Crippen molar-refractivity contribution in [2.45, 2.75) is 31.2 Å². The number of allylic oxidation sites excluding steroid dienone is 1. The second-order valence-corrected chi connectivity index (χ2v) is 6.06. The van der Waals surface area contributed by atoms with Crippen molar-refractivity contribution in [1.82, 2.24) is 4.90 Å². The van der Waals surface area contributed by atoms with Crippen LogP contribution < -0.4 is 0 Å². The number of aromatic carboxylic acids is 1. The van der Waals surface area contributed by atoms with Crippen molar-refractivity contribution >= 4 is 12.2 Å². The maximum Gasteiger partial charge on any atom is 0.336 e. The standard InChI is InChI=1S/C18H22N2O2/c21-17(22)15-7-2-3-8-16(15)18(9-6-11-19-18)10-14-20-12-4-1-5-13-20/h2-3,6-9,11H,1,4-5,10,12-14H2,(H,21,22). The minimum atomic E-state index is -0.886. The molecular weight excluding hydrogens is 276 g/mol. The van der Waals surface area contributed by atoms with E-state index in [0.717, 1.165) is 31.6 Å². The molecule has 0 spiro atoms. The molecular formula is C18H22N2O2. The number of carbonyl (C=O) groups is 1. The number of hydrogen-bond acceptors (Lipinski definition) is 3. The van der Waals surface area contributed by atoms with Gasteiger partial charge in [-0.05, 0) is 50.1 Å². The Morgan fingerprint density at radius 3 is 2.68 bits per heavy atom. The lowest BCUT2D eigenvalue weighted by Gasteiger charge is -2.32. The van der Waals surface area contributed by atoms with E-state index in [1.165, 1.54) is 19.3 Å². The van der Waals surface area contributed by atoms with Gasteiger partial charge in [-0.3, -0.25) is 4.99 Å². The van der Waals surface area contributed by atoms with Crippen LogP contribution in [0.25, 0.3) is 0 Å². The van der Waals surface area contributed by atoms with Crippen LogP contribution in [-0.2, 0) is 5.54 Å². The van der Waals surface area contributed by atoms with Crippen molar-refractivity contribution in [2.24, 2.45) is 4.99 Å². The van der Waals surface area contributed by atoms with E-state index in [0.29, 0.717) is 5.56 Å². The van der Waals surface area contributed by atoms with Gasteiger partial charge in [0.05, 0.1) is 5.56 Å². The number of piperidine rings is 1. The average Bonchev–Trinajstić information content (AvgIpc) is 3.04. The molecule has 1 atom stereocenters. The Bertz CT molecular complexity index is 589. The number of hydrogen-bond donors (Lipinski definition) is 1. The molecule has 0 radical (unpaired) electrons. The SMILES string of the molecule is O=C(O)c1ccccc1C1(CCN2CCCCC2)C=CC=N1. The fourth-order valence-electron chi connectivity index (χ4n) is 3.42. The maximum absolute atomic E-state index is 11.5. The summed E-state index contributed by atoms with van der Waals surface area (Å²) in [6.45, 7) is 3.24. The van der Waals surface area contributed by atoms with Gasteiger partial charge in [-0.1, -0.05) is 30.7 Å². The third-order valence-electron chi connectivity index (χ3n) is 4.64. The summed E-state index contributed by atoms with van der Waals surface area (Å²) in [4.78, 5) is 18.6. The first-order valence-corrected chi connectivity index (χ1v) is 7.99. The number of benzene rings is 1. The smallest absolute Gasteiger partial charge is 0.336 e. The van der Waals surface area contributed by atoms with Gasteiger partial charge in [0.1, 0.15) is 5.54 Å². The Kier molecular flexibility index (Phi) is 4.39. The van der Waals surface area contributed by atoms with E-state index in [2.05, 4.69) is 9.89 Å². The largest absolute Gasteiger partial charge is 0.478 e. The van der Waals surface area contributed by atoms with E-state index in [9.17, 15) is 9.90 Å². The summed E-state index contributed by atoms with van der Waals surface area (Å²) in [6, 6.07) is 7.23. The maximum atomic E-state index is 11.5. The van der Waals surface area contributed by atoms with E-state index in [4.69, 9.17) is 0 Å². The zero-order valence-corrected chi connectivity index (χ0v) is 12.7. The summed E-state index contributed by atoms with van der Waals surface area (Å²) in [5.74, 6) is -0.886. The monoisotopic (exact) mass is 298 g/mol. The number of carboxylic acids is 1. The number of rotatable bonds is 5. The molecule has 0 amide bonds. The van der Waals surface area contributed by atoms with Gasteiger partial charge >= 0.3 is 5.97 Å². The summed E-state index contributed by atoms with van der Waals surface area (Å²) in [5, 5.41) is 9.47. The second-order valence-electron chi connectivity index (χ2n) is 6.06. The zero-order chi connectivity index (χ0) is 15.4. The minimum absolute atomic E-state index is 0.352.